The van der Waals surface area contributed by atoms with Gasteiger partial charge in [0.1, 0.15) is 29.3 Å². The summed E-state index contributed by atoms with van der Waals surface area (Å²) in [5.41, 5.74) is -0.144. The Labute approximate surface area is 129 Å². The molecule has 112 valence electrons. The Balaban J connectivity index is 1.79. The van der Waals surface area contributed by atoms with Crippen LogP contribution >= 0.6 is 15.9 Å². The third-order valence-corrected chi connectivity index (χ3v) is 4.60. The van der Waals surface area contributed by atoms with E-state index in [4.69, 9.17) is 4.42 Å². The molecule has 2 aromatic rings. The quantitative estimate of drug-likeness (QED) is 0.804. The van der Waals surface area contributed by atoms with Gasteiger partial charge in [0.2, 0.25) is 0 Å². The third kappa shape index (κ3) is 2.90. The molecule has 1 aromatic heterocycles. The van der Waals surface area contributed by atoms with E-state index in [0.29, 0.717) is 17.6 Å². The van der Waals surface area contributed by atoms with E-state index in [-0.39, 0.29) is 16.5 Å². The highest BCUT2D eigenvalue weighted by Crippen LogP contribution is 2.47. The zero-order valence-electron chi connectivity index (χ0n) is 11.4. The van der Waals surface area contributed by atoms with Crippen LogP contribution in [0.3, 0.4) is 0 Å². The number of hydrogen-bond donors (Lipinski definition) is 1. The number of furan rings is 1. The van der Waals surface area contributed by atoms with Crippen LogP contribution in [-0.2, 0) is 6.42 Å². The molecule has 1 saturated carbocycles. The average Bonchev–Trinajstić information content (AvgIpc) is 3.00. The topological polar surface area (TPSA) is 33.4 Å². The summed E-state index contributed by atoms with van der Waals surface area (Å²) in [6, 6.07) is 5.99. The summed E-state index contributed by atoms with van der Waals surface area (Å²) in [4.78, 5) is 0. The molecular formula is C16H15BrF2O2. The molecule has 0 radical (unpaired) electrons. The first-order chi connectivity index (χ1) is 9.97. The van der Waals surface area contributed by atoms with Crippen LogP contribution in [0.25, 0.3) is 0 Å². The van der Waals surface area contributed by atoms with Crippen LogP contribution in [0.1, 0.15) is 42.5 Å². The van der Waals surface area contributed by atoms with Crippen molar-refractivity contribution in [3.63, 3.8) is 0 Å². The van der Waals surface area contributed by atoms with Crippen LogP contribution in [0.2, 0.25) is 0 Å². The number of benzene rings is 1. The Morgan fingerprint density at radius 1 is 1.33 bits per heavy atom. The van der Waals surface area contributed by atoms with E-state index in [1.54, 1.807) is 6.07 Å². The van der Waals surface area contributed by atoms with Gasteiger partial charge in [-0.25, -0.2) is 8.78 Å². The molecule has 3 atom stereocenters. The highest BCUT2D eigenvalue weighted by Gasteiger charge is 2.37. The first kappa shape index (κ1) is 14.7. The summed E-state index contributed by atoms with van der Waals surface area (Å²) in [6.07, 6.45) is -0.145. The van der Waals surface area contributed by atoms with Crippen molar-refractivity contribution < 1.29 is 18.3 Å². The normalized spacial score (nSPS) is 22.3. The molecule has 0 amide bonds. The molecule has 2 nitrogen and oxygen atoms in total. The fourth-order valence-corrected chi connectivity index (χ4v) is 2.89. The predicted molar refractivity (Wildman–Crippen MR) is 78.0 cm³/mol. The van der Waals surface area contributed by atoms with Crippen LogP contribution in [0, 0.1) is 17.6 Å². The Kier molecular flexibility index (Phi) is 3.88. The molecule has 21 heavy (non-hydrogen) atoms. The minimum atomic E-state index is -1.06. The van der Waals surface area contributed by atoms with Crippen molar-refractivity contribution in [2.75, 3.05) is 0 Å². The number of aliphatic hydroxyl groups is 1. The van der Waals surface area contributed by atoms with Gasteiger partial charge in [0.05, 0.1) is 4.47 Å². The standard InChI is InChI=1S/C16H15BrF2O2/c1-8-6-9(8)14-4-5-15(21-14)13(20)7-10-12(18)3-2-11(17)16(10)19/h2-5,8-9,13,20H,6-7H2,1H3. The van der Waals surface area contributed by atoms with Gasteiger partial charge in [-0.2, -0.15) is 0 Å². The highest BCUT2D eigenvalue weighted by atomic mass is 79.9. The van der Waals surface area contributed by atoms with Gasteiger partial charge in [-0.05, 0) is 52.5 Å². The van der Waals surface area contributed by atoms with E-state index in [1.165, 1.54) is 12.1 Å². The first-order valence-corrected chi connectivity index (χ1v) is 7.66. The Bertz CT molecular complexity index is 668. The molecule has 0 saturated heterocycles. The molecule has 0 bridgehead atoms. The molecule has 1 heterocycles. The summed E-state index contributed by atoms with van der Waals surface area (Å²) in [6.45, 7) is 2.13. The summed E-state index contributed by atoms with van der Waals surface area (Å²) in [5.74, 6) is 0.843. The van der Waals surface area contributed by atoms with E-state index in [9.17, 15) is 13.9 Å². The van der Waals surface area contributed by atoms with Crippen molar-refractivity contribution in [1.29, 1.82) is 0 Å². The van der Waals surface area contributed by atoms with Gasteiger partial charge in [0, 0.05) is 17.9 Å². The van der Waals surface area contributed by atoms with Crippen LogP contribution in [0.4, 0.5) is 8.78 Å². The van der Waals surface area contributed by atoms with Crippen molar-refractivity contribution in [3.8, 4) is 0 Å². The van der Waals surface area contributed by atoms with Crippen molar-refractivity contribution >= 4 is 15.9 Å². The fourth-order valence-electron chi connectivity index (χ4n) is 2.52. The van der Waals surface area contributed by atoms with E-state index in [1.807, 2.05) is 6.07 Å². The van der Waals surface area contributed by atoms with Gasteiger partial charge in [-0.3, -0.25) is 0 Å². The second-order valence-corrected chi connectivity index (χ2v) is 6.46. The van der Waals surface area contributed by atoms with E-state index in [0.717, 1.165) is 12.2 Å². The first-order valence-electron chi connectivity index (χ1n) is 6.87. The van der Waals surface area contributed by atoms with Crippen LogP contribution < -0.4 is 0 Å². The second kappa shape index (κ2) is 5.54. The number of hydrogen-bond acceptors (Lipinski definition) is 2. The van der Waals surface area contributed by atoms with E-state index < -0.39 is 17.7 Å². The number of rotatable bonds is 4. The molecule has 3 rings (SSSR count). The van der Waals surface area contributed by atoms with E-state index >= 15 is 0 Å². The van der Waals surface area contributed by atoms with E-state index in [2.05, 4.69) is 22.9 Å². The third-order valence-electron chi connectivity index (χ3n) is 3.99. The molecule has 1 fully saturated rings. The molecule has 1 aliphatic carbocycles. The molecule has 1 aliphatic rings. The van der Waals surface area contributed by atoms with Gasteiger partial charge >= 0.3 is 0 Å². The minimum absolute atomic E-state index is 0.144. The summed E-state index contributed by atoms with van der Waals surface area (Å²) in [5, 5.41) is 10.2. The lowest BCUT2D eigenvalue weighted by Gasteiger charge is -2.10. The Hall–Kier alpha value is -1.20. The maximum atomic E-state index is 13.9. The zero-order valence-corrected chi connectivity index (χ0v) is 13.0. The van der Waals surface area contributed by atoms with Crippen molar-refractivity contribution in [1.82, 2.24) is 0 Å². The lowest BCUT2D eigenvalue weighted by Crippen LogP contribution is -2.05. The monoisotopic (exact) mass is 356 g/mol. The van der Waals surface area contributed by atoms with Gasteiger partial charge in [0.25, 0.3) is 0 Å². The van der Waals surface area contributed by atoms with Gasteiger partial charge in [0.15, 0.2) is 0 Å². The van der Waals surface area contributed by atoms with Crippen LogP contribution in [0.15, 0.2) is 33.2 Å². The predicted octanol–water partition coefficient (Wildman–Crippen LogP) is 4.72. The minimum Gasteiger partial charge on any atom is -0.463 e. The van der Waals surface area contributed by atoms with Crippen molar-refractivity contribution in [3.05, 3.63) is 57.5 Å². The van der Waals surface area contributed by atoms with Crippen molar-refractivity contribution in [2.24, 2.45) is 5.92 Å². The number of aliphatic hydroxyl groups excluding tert-OH is 1. The molecule has 1 aromatic carbocycles. The van der Waals surface area contributed by atoms with Gasteiger partial charge in [-0.1, -0.05) is 6.92 Å². The zero-order chi connectivity index (χ0) is 15.1. The van der Waals surface area contributed by atoms with Crippen LogP contribution in [-0.4, -0.2) is 5.11 Å². The number of halogens is 3. The molecular weight excluding hydrogens is 342 g/mol. The lowest BCUT2D eigenvalue weighted by atomic mass is 10.1. The van der Waals surface area contributed by atoms with Gasteiger partial charge in [-0.15, -0.1) is 0 Å². The largest absolute Gasteiger partial charge is 0.463 e. The molecule has 5 heteroatoms. The molecule has 1 N–H and O–H groups in total. The molecule has 3 unspecified atom stereocenters. The maximum Gasteiger partial charge on any atom is 0.143 e. The second-order valence-electron chi connectivity index (χ2n) is 5.60. The summed E-state index contributed by atoms with van der Waals surface area (Å²) >= 11 is 3.02. The Morgan fingerprint density at radius 3 is 2.71 bits per heavy atom. The smallest absolute Gasteiger partial charge is 0.143 e. The molecule has 0 aliphatic heterocycles. The van der Waals surface area contributed by atoms with Crippen molar-refractivity contribution in [2.45, 2.75) is 31.8 Å². The SMILES string of the molecule is CC1CC1c1ccc(C(O)Cc2c(F)ccc(Br)c2F)o1. The highest BCUT2D eigenvalue weighted by molar-refractivity contribution is 9.10. The lowest BCUT2D eigenvalue weighted by molar-refractivity contribution is 0.145. The average molecular weight is 357 g/mol. The summed E-state index contributed by atoms with van der Waals surface area (Å²) < 4.78 is 33.4. The summed E-state index contributed by atoms with van der Waals surface area (Å²) in [7, 11) is 0. The molecule has 0 spiro atoms. The fraction of sp³-hybridized carbons (Fsp3) is 0.375. The van der Waals surface area contributed by atoms with Crippen LogP contribution in [0.5, 0.6) is 0 Å². The maximum absolute atomic E-state index is 13.9. The Morgan fingerprint density at radius 2 is 2.05 bits per heavy atom. The van der Waals surface area contributed by atoms with Gasteiger partial charge < -0.3 is 9.52 Å².